The molecule has 1 aromatic heterocycles. The number of nitrogens with two attached hydrogens (primary N) is 1. The molecule has 2 aromatic rings. The van der Waals surface area contributed by atoms with Gasteiger partial charge in [0.25, 0.3) is 6.43 Å². The second-order valence-corrected chi connectivity index (χ2v) is 4.26. The topological polar surface area (TPSA) is 62.3 Å². The lowest BCUT2D eigenvalue weighted by molar-refractivity contribution is 0.127. The molecule has 0 saturated carbocycles. The minimum atomic E-state index is -2.45. The van der Waals surface area contributed by atoms with Gasteiger partial charge in [0.1, 0.15) is 5.82 Å². The van der Waals surface area contributed by atoms with Gasteiger partial charge in [-0.2, -0.15) is 0 Å². The Bertz CT molecular complexity index is 613. The molecule has 0 radical (unpaired) electrons. The van der Waals surface area contributed by atoms with Crippen LogP contribution in [0.25, 0.3) is 11.0 Å². The van der Waals surface area contributed by atoms with Gasteiger partial charge in [0.05, 0.1) is 17.6 Å². The Morgan fingerprint density at radius 2 is 2.05 bits per heavy atom. The van der Waals surface area contributed by atoms with Crippen LogP contribution < -0.4 is 15.2 Å². The Morgan fingerprint density at radius 1 is 1.32 bits per heavy atom. The van der Waals surface area contributed by atoms with Crippen LogP contribution in [0, 0.1) is 0 Å². The Hall–Kier alpha value is -1.89. The zero-order valence-electron chi connectivity index (χ0n) is 10.1. The lowest BCUT2D eigenvalue weighted by Crippen LogP contribution is -2.13. The molecule has 0 aliphatic carbocycles. The monoisotopic (exact) mass is 269 g/mol. The summed E-state index contributed by atoms with van der Waals surface area (Å²) in [5, 5.41) is 0. The van der Waals surface area contributed by atoms with E-state index in [4.69, 9.17) is 15.2 Å². The highest BCUT2D eigenvalue weighted by molar-refractivity contribution is 5.81. The Labute approximate surface area is 107 Å². The normalized spacial score (nSPS) is 13.7. The first-order chi connectivity index (χ1) is 9.19. The molecule has 0 spiro atoms. The Kier molecular flexibility index (Phi) is 2.98. The second kappa shape index (κ2) is 4.65. The van der Waals surface area contributed by atoms with Crippen LogP contribution in [0.2, 0.25) is 0 Å². The molecule has 1 aliphatic rings. The van der Waals surface area contributed by atoms with Crippen molar-refractivity contribution in [1.29, 1.82) is 0 Å². The predicted octanol–water partition coefficient (Wildman–Crippen LogP) is 1.53. The Balaban J connectivity index is 2.14. The summed E-state index contributed by atoms with van der Waals surface area (Å²) in [4.78, 5) is 4.35. The van der Waals surface area contributed by atoms with Gasteiger partial charge in [-0.05, 0) is 6.54 Å². The van der Waals surface area contributed by atoms with Gasteiger partial charge in [-0.25, -0.2) is 13.8 Å². The van der Waals surface area contributed by atoms with Gasteiger partial charge in [0.2, 0.25) is 6.79 Å². The van der Waals surface area contributed by atoms with Gasteiger partial charge in [0.15, 0.2) is 11.5 Å². The number of nitrogens with zero attached hydrogens (tertiary/aromatic N) is 2. The van der Waals surface area contributed by atoms with E-state index in [9.17, 15) is 8.78 Å². The van der Waals surface area contributed by atoms with Crippen molar-refractivity contribution in [1.82, 2.24) is 9.55 Å². The highest BCUT2D eigenvalue weighted by Crippen LogP contribution is 2.36. The molecule has 0 atom stereocenters. The predicted molar refractivity (Wildman–Crippen MR) is 64.6 cm³/mol. The standard InChI is InChI=1S/C12H13F2N3O2/c13-11(14)5-17-8-4-10-9(18-6-19-10)3-7(8)16-12(17)1-2-15/h3-4,11H,1-2,5-6,15H2. The van der Waals surface area contributed by atoms with E-state index < -0.39 is 13.0 Å². The molecule has 0 fully saturated rings. The number of alkyl halides is 2. The first-order valence-corrected chi connectivity index (χ1v) is 5.96. The maximum atomic E-state index is 12.7. The van der Waals surface area contributed by atoms with E-state index in [1.165, 1.54) is 4.57 Å². The van der Waals surface area contributed by atoms with Crippen LogP contribution in [0.3, 0.4) is 0 Å². The lowest BCUT2D eigenvalue weighted by Gasteiger charge is -2.07. The van der Waals surface area contributed by atoms with Crippen LogP contribution >= 0.6 is 0 Å². The van der Waals surface area contributed by atoms with Crippen LogP contribution in [0.5, 0.6) is 11.5 Å². The van der Waals surface area contributed by atoms with Crippen molar-refractivity contribution in [3.8, 4) is 11.5 Å². The maximum Gasteiger partial charge on any atom is 0.256 e. The zero-order chi connectivity index (χ0) is 13.4. The number of fused-ring (bicyclic) bond motifs is 2. The fourth-order valence-corrected chi connectivity index (χ4v) is 2.23. The summed E-state index contributed by atoms with van der Waals surface area (Å²) >= 11 is 0. The third-order valence-corrected chi connectivity index (χ3v) is 3.01. The summed E-state index contributed by atoms with van der Waals surface area (Å²) < 4.78 is 37.4. The maximum absolute atomic E-state index is 12.7. The van der Waals surface area contributed by atoms with Crippen LogP contribution in [-0.2, 0) is 13.0 Å². The number of imidazole rings is 1. The van der Waals surface area contributed by atoms with E-state index >= 15 is 0 Å². The van der Waals surface area contributed by atoms with E-state index in [-0.39, 0.29) is 6.79 Å². The molecule has 0 amide bonds. The van der Waals surface area contributed by atoms with E-state index in [1.54, 1.807) is 12.1 Å². The molecule has 0 unspecified atom stereocenters. The van der Waals surface area contributed by atoms with Gasteiger partial charge in [-0.15, -0.1) is 0 Å². The summed E-state index contributed by atoms with van der Waals surface area (Å²) in [7, 11) is 0. The third kappa shape index (κ3) is 2.10. The highest BCUT2D eigenvalue weighted by atomic mass is 19.3. The van der Waals surface area contributed by atoms with Gasteiger partial charge < -0.3 is 19.8 Å². The summed E-state index contributed by atoms with van der Waals surface area (Å²) in [6.45, 7) is 0.108. The molecule has 7 heteroatoms. The number of rotatable bonds is 4. The summed E-state index contributed by atoms with van der Waals surface area (Å²) in [5.41, 5.74) is 6.73. The number of benzene rings is 1. The molecular formula is C12H13F2N3O2. The number of ether oxygens (including phenoxy) is 2. The average Bonchev–Trinajstić information content (AvgIpc) is 2.92. The minimum absolute atomic E-state index is 0.145. The first kappa shape index (κ1) is 12.2. The molecule has 102 valence electrons. The van der Waals surface area contributed by atoms with Gasteiger partial charge in [-0.3, -0.25) is 0 Å². The lowest BCUT2D eigenvalue weighted by atomic mass is 10.2. The van der Waals surface area contributed by atoms with Crippen molar-refractivity contribution >= 4 is 11.0 Å². The molecule has 1 aromatic carbocycles. The molecule has 3 rings (SSSR count). The Morgan fingerprint density at radius 3 is 2.74 bits per heavy atom. The molecule has 0 bridgehead atoms. The number of aromatic nitrogens is 2. The smallest absolute Gasteiger partial charge is 0.256 e. The largest absolute Gasteiger partial charge is 0.454 e. The third-order valence-electron chi connectivity index (χ3n) is 3.01. The fourth-order valence-electron chi connectivity index (χ4n) is 2.23. The molecule has 2 heterocycles. The van der Waals surface area contributed by atoms with Crippen LogP contribution in [0.4, 0.5) is 8.78 Å². The van der Waals surface area contributed by atoms with Gasteiger partial charge in [-0.1, -0.05) is 0 Å². The molecular weight excluding hydrogens is 256 g/mol. The number of hydrogen-bond donors (Lipinski definition) is 1. The van der Waals surface area contributed by atoms with E-state index in [0.29, 0.717) is 41.3 Å². The van der Waals surface area contributed by atoms with Crippen molar-refractivity contribution in [2.45, 2.75) is 19.4 Å². The number of hydrogen-bond acceptors (Lipinski definition) is 4. The van der Waals surface area contributed by atoms with Crippen molar-refractivity contribution in [2.24, 2.45) is 5.73 Å². The first-order valence-electron chi connectivity index (χ1n) is 5.96. The molecule has 2 N–H and O–H groups in total. The molecule has 19 heavy (non-hydrogen) atoms. The van der Waals surface area contributed by atoms with E-state index in [1.807, 2.05) is 0 Å². The number of halogens is 2. The quantitative estimate of drug-likeness (QED) is 0.914. The minimum Gasteiger partial charge on any atom is -0.454 e. The second-order valence-electron chi connectivity index (χ2n) is 4.26. The summed E-state index contributed by atoms with van der Waals surface area (Å²) in [6, 6.07) is 3.40. The van der Waals surface area contributed by atoms with Crippen molar-refractivity contribution in [2.75, 3.05) is 13.3 Å². The fraction of sp³-hybridized carbons (Fsp3) is 0.417. The zero-order valence-corrected chi connectivity index (χ0v) is 10.1. The van der Waals surface area contributed by atoms with Gasteiger partial charge in [0, 0.05) is 18.6 Å². The van der Waals surface area contributed by atoms with Gasteiger partial charge >= 0.3 is 0 Å². The van der Waals surface area contributed by atoms with Crippen LogP contribution in [-0.4, -0.2) is 29.3 Å². The van der Waals surface area contributed by atoms with Crippen molar-refractivity contribution < 1.29 is 18.3 Å². The van der Waals surface area contributed by atoms with E-state index in [2.05, 4.69) is 4.98 Å². The average molecular weight is 269 g/mol. The summed E-state index contributed by atoms with van der Waals surface area (Å²) in [6.07, 6.45) is -1.99. The van der Waals surface area contributed by atoms with Crippen molar-refractivity contribution in [3.63, 3.8) is 0 Å². The SMILES string of the molecule is NCCc1nc2cc3c(cc2n1CC(F)F)OCO3. The summed E-state index contributed by atoms with van der Waals surface area (Å²) in [5.74, 6) is 1.71. The van der Waals surface area contributed by atoms with Crippen LogP contribution in [0.15, 0.2) is 12.1 Å². The molecule has 5 nitrogen and oxygen atoms in total. The molecule has 1 aliphatic heterocycles. The van der Waals surface area contributed by atoms with Crippen LogP contribution in [0.1, 0.15) is 5.82 Å². The highest BCUT2D eigenvalue weighted by Gasteiger charge is 2.20. The van der Waals surface area contributed by atoms with Crippen molar-refractivity contribution in [3.05, 3.63) is 18.0 Å². The molecule has 0 saturated heterocycles. The van der Waals surface area contributed by atoms with E-state index in [0.717, 1.165) is 0 Å².